The molecule has 8 heteroatoms. The number of rotatable bonds is 8. The fraction of sp³-hybridized carbons (Fsp3) is 0.500. The van der Waals surface area contributed by atoms with Crippen molar-refractivity contribution in [2.24, 2.45) is 0 Å². The minimum Gasteiger partial charge on any atom is -0.469 e. The van der Waals surface area contributed by atoms with Crippen molar-refractivity contribution in [1.82, 2.24) is 19.1 Å². The first-order chi connectivity index (χ1) is 12.5. The van der Waals surface area contributed by atoms with Crippen molar-refractivity contribution in [2.75, 3.05) is 0 Å². The van der Waals surface area contributed by atoms with E-state index in [1.807, 2.05) is 6.07 Å². The van der Waals surface area contributed by atoms with Crippen molar-refractivity contribution in [3.05, 3.63) is 50.8 Å². The third-order valence-electron chi connectivity index (χ3n) is 4.40. The Bertz CT molecular complexity index is 979. The number of fused-ring (bicyclic) bond motifs is 1. The van der Waals surface area contributed by atoms with Gasteiger partial charge in [0, 0.05) is 19.5 Å². The number of H-pyrrole nitrogens is 1. The number of aromatic nitrogens is 4. The van der Waals surface area contributed by atoms with Gasteiger partial charge in [-0.05, 0) is 45.2 Å². The first-order valence-corrected chi connectivity index (χ1v) is 8.87. The van der Waals surface area contributed by atoms with E-state index in [-0.39, 0.29) is 17.4 Å². The van der Waals surface area contributed by atoms with E-state index in [0.29, 0.717) is 49.3 Å². The maximum absolute atomic E-state index is 12.9. The number of unbranched alkanes of at least 4 members (excludes halogenated alkanes) is 1. The molecule has 0 fully saturated rings. The largest absolute Gasteiger partial charge is 0.469 e. The lowest BCUT2D eigenvalue weighted by Gasteiger charge is -2.11. The van der Waals surface area contributed by atoms with Crippen molar-refractivity contribution in [3.63, 3.8) is 0 Å². The summed E-state index contributed by atoms with van der Waals surface area (Å²) in [5, 5.41) is 9.35. The molecule has 1 atom stereocenters. The van der Waals surface area contributed by atoms with Crippen molar-refractivity contribution < 1.29 is 9.52 Å². The number of nitrogens with zero attached hydrogens (tertiary/aromatic N) is 3. The molecule has 26 heavy (non-hydrogen) atoms. The molecule has 0 saturated heterocycles. The molecule has 3 rings (SSSR count). The monoisotopic (exact) mass is 360 g/mol. The Hall–Kier alpha value is -2.61. The van der Waals surface area contributed by atoms with Crippen LogP contribution >= 0.6 is 0 Å². The zero-order valence-corrected chi connectivity index (χ0v) is 15.1. The number of aromatic amines is 1. The first-order valence-electron chi connectivity index (χ1n) is 8.87. The minimum atomic E-state index is -0.380. The lowest BCUT2D eigenvalue weighted by atomic mass is 10.2. The molecule has 8 nitrogen and oxygen atoms in total. The minimum absolute atomic E-state index is 0.319. The first kappa shape index (κ1) is 18.2. The average Bonchev–Trinajstić information content (AvgIpc) is 3.23. The van der Waals surface area contributed by atoms with E-state index < -0.39 is 0 Å². The van der Waals surface area contributed by atoms with Gasteiger partial charge in [0.15, 0.2) is 5.65 Å². The Kier molecular flexibility index (Phi) is 5.41. The Morgan fingerprint density at radius 1 is 1.27 bits per heavy atom. The van der Waals surface area contributed by atoms with Crippen LogP contribution in [0.25, 0.3) is 11.2 Å². The standard InChI is InChI=1S/C18H24N4O4/c1-12(23)6-3-4-9-22-17(24)15-16(20-13(2)19-15)21(18(22)25)10-8-14-7-5-11-26-14/h5,7,11-12,23H,3-4,6,8-10H2,1-2H3,(H,19,20). The number of aliphatic hydroxyl groups excluding tert-OH is 1. The molecule has 0 aliphatic rings. The molecule has 2 N–H and O–H groups in total. The molecule has 0 aliphatic heterocycles. The Labute approximate surface area is 150 Å². The molecule has 1 unspecified atom stereocenters. The van der Waals surface area contributed by atoms with Gasteiger partial charge in [-0.2, -0.15) is 0 Å². The normalized spacial score (nSPS) is 12.7. The zero-order chi connectivity index (χ0) is 18.7. The summed E-state index contributed by atoms with van der Waals surface area (Å²) >= 11 is 0. The maximum Gasteiger partial charge on any atom is 0.332 e. The molecule has 0 amide bonds. The highest BCUT2D eigenvalue weighted by Gasteiger charge is 2.16. The van der Waals surface area contributed by atoms with Crippen LogP contribution in [0.3, 0.4) is 0 Å². The predicted molar refractivity (Wildman–Crippen MR) is 97.3 cm³/mol. The van der Waals surface area contributed by atoms with Crippen LogP contribution in [0.5, 0.6) is 0 Å². The van der Waals surface area contributed by atoms with E-state index in [0.717, 1.165) is 12.2 Å². The highest BCUT2D eigenvalue weighted by atomic mass is 16.3. The highest BCUT2D eigenvalue weighted by molar-refractivity contribution is 5.69. The summed E-state index contributed by atoms with van der Waals surface area (Å²) in [4.78, 5) is 32.9. The summed E-state index contributed by atoms with van der Waals surface area (Å²) in [5.41, 5.74) is 0.0101. The van der Waals surface area contributed by atoms with Crippen LogP contribution in [-0.2, 0) is 19.5 Å². The average molecular weight is 360 g/mol. The maximum atomic E-state index is 12.9. The van der Waals surface area contributed by atoms with E-state index in [1.165, 1.54) is 9.13 Å². The van der Waals surface area contributed by atoms with Crippen molar-refractivity contribution in [2.45, 2.75) is 58.7 Å². The van der Waals surface area contributed by atoms with Crippen LogP contribution in [0.1, 0.15) is 37.8 Å². The second-order valence-electron chi connectivity index (χ2n) is 6.59. The van der Waals surface area contributed by atoms with Crippen molar-refractivity contribution in [3.8, 4) is 0 Å². The molecule has 0 spiro atoms. The third-order valence-corrected chi connectivity index (χ3v) is 4.40. The van der Waals surface area contributed by atoms with Crippen molar-refractivity contribution in [1.29, 1.82) is 0 Å². The topological polar surface area (TPSA) is 106 Å². The molecule has 3 aromatic heterocycles. The molecule has 0 aromatic carbocycles. The van der Waals surface area contributed by atoms with Crippen LogP contribution in [0, 0.1) is 6.92 Å². The van der Waals surface area contributed by atoms with Gasteiger partial charge in [0.05, 0.1) is 12.4 Å². The number of aryl methyl sites for hydroxylation is 3. The summed E-state index contributed by atoms with van der Waals surface area (Å²) in [6, 6.07) is 3.65. The van der Waals surface area contributed by atoms with Crippen molar-refractivity contribution >= 4 is 11.2 Å². The van der Waals surface area contributed by atoms with E-state index in [9.17, 15) is 14.7 Å². The second-order valence-corrected chi connectivity index (χ2v) is 6.59. The van der Waals surface area contributed by atoms with Crippen LogP contribution in [-0.4, -0.2) is 30.3 Å². The van der Waals surface area contributed by atoms with Gasteiger partial charge in [0.2, 0.25) is 0 Å². The third kappa shape index (κ3) is 3.80. The summed E-state index contributed by atoms with van der Waals surface area (Å²) in [7, 11) is 0. The lowest BCUT2D eigenvalue weighted by Crippen LogP contribution is -2.40. The fourth-order valence-electron chi connectivity index (χ4n) is 3.07. The number of hydrogen-bond donors (Lipinski definition) is 2. The van der Waals surface area contributed by atoms with Crippen LogP contribution < -0.4 is 11.2 Å². The van der Waals surface area contributed by atoms with Crippen LogP contribution in [0.4, 0.5) is 0 Å². The predicted octanol–water partition coefficient (Wildman–Crippen LogP) is 1.58. The van der Waals surface area contributed by atoms with Gasteiger partial charge in [0.1, 0.15) is 17.1 Å². The molecule has 3 heterocycles. The molecule has 0 saturated carbocycles. The molecule has 0 radical (unpaired) electrons. The quantitative estimate of drug-likeness (QED) is 0.593. The van der Waals surface area contributed by atoms with Crippen LogP contribution in [0.2, 0.25) is 0 Å². The Morgan fingerprint density at radius 3 is 2.77 bits per heavy atom. The number of imidazole rings is 1. The van der Waals surface area contributed by atoms with Gasteiger partial charge in [0.25, 0.3) is 5.56 Å². The summed E-state index contributed by atoms with van der Waals surface area (Å²) in [6.07, 6.45) is 3.79. The van der Waals surface area contributed by atoms with E-state index in [1.54, 1.807) is 26.2 Å². The molecule has 0 bridgehead atoms. The Morgan fingerprint density at radius 2 is 2.08 bits per heavy atom. The zero-order valence-electron chi connectivity index (χ0n) is 15.1. The van der Waals surface area contributed by atoms with Gasteiger partial charge in [-0.3, -0.25) is 13.9 Å². The smallest absolute Gasteiger partial charge is 0.332 e. The SMILES string of the molecule is Cc1nc2c([nH]1)c(=O)n(CCCCC(C)O)c(=O)n2CCc1ccco1. The van der Waals surface area contributed by atoms with Gasteiger partial charge < -0.3 is 14.5 Å². The van der Waals surface area contributed by atoms with Gasteiger partial charge in [-0.1, -0.05) is 0 Å². The molecule has 140 valence electrons. The summed E-state index contributed by atoms with van der Waals surface area (Å²) < 4.78 is 8.11. The van der Waals surface area contributed by atoms with Crippen LogP contribution in [0.15, 0.2) is 32.4 Å². The number of furan rings is 1. The lowest BCUT2D eigenvalue weighted by molar-refractivity contribution is 0.180. The fourth-order valence-corrected chi connectivity index (χ4v) is 3.07. The molecule has 3 aromatic rings. The van der Waals surface area contributed by atoms with Gasteiger partial charge >= 0.3 is 5.69 Å². The summed E-state index contributed by atoms with van der Waals surface area (Å²) in [5.74, 6) is 1.36. The number of hydrogen-bond acceptors (Lipinski definition) is 5. The van der Waals surface area contributed by atoms with Gasteiger partial charge in [-0.25, -0.2) is 9.78 Å². The molecular formula is C18H24N4O4. The molecular weight excluding hydrogens is 336 g/mol. The molecule has 0 aliphatic carbocycles. The van der Waals surface area contributed by atoms with E-state index in [4.69, 9.17) is 4.42 Å². The second kappa shape index (κ2) is 7.74. The van der Waals surface area contributed by atoms with Gasteiger partial charge in [-0.15, -0.1) is 0 Å². The number of nitrogens with one attached hydrogen (secondary N) is 1. The van der Waals surface area contributed by atoms with E-state index in [2.05, 4.69) is 9.97 Å². The number of aliphatic hydroxyl groups is 1. The van der Waals surface area contributed by atoms with E-state index >= 15 is 0 Å². The summed E-state index contributed by atoms with van der Waals surface area (Å²) in [6.45, 7) is 4.18. The highest BCUT2D eigenvalue weighted by Crippen LogP contribution is 2.08. The Balaban J connectivity index is 1.93.